The molecule has 1 aromatic carbocycles. The third-order valence-electron chi connectivity index (χ3n) is 4.28. The Kier molecular flexibility index (Phi) is 3.95. The van der Waals surface area contributed by atoms with Crippen LogP contribution >= 0.6 is 0 Å². The molecule has 4 rings (SSSR count). The summed E-state index contributed by atoms with van der Waals surface area (Å²) in [4.78, 5) is 13.0. The Hall–Kier alpha value is -3.55. The molecule has 6 nitrogen and oxygen atoms in total. The number of nitrogen functional groups attached to an aromatic ring is 2. The van der Waals surface area contributed by atoms with Crippen molar-refractivity contribution < 1.29 is 8.78 Å². The number of hydrogen-bond donors (Lipinski definition) is 2. The number of rotatable bonds is 3. The van der Waals surface area contributed by atoms with Crippen LogP contribution in [0.3, 0.4) is 0 Å². The van der Waals surface area contributed by atoms with E-state index in [0.29, 0.717) is 39.9 Å². The van der Waals surface area contributed by atoms with Crippen LogP contribution in [-0.2, 0) is 6.54 Å². The summed E-state index contributed by atoms with van der Waals surface area (Å²) in [6, 6.07) is 10.3. The molecule has 8 heteroatoms. The molecule has 0 radical (unpaired) electrons. The minimum atomic E-state index is -0.496. The predicted molar refractivity (Wildman–Crippen MR) is 99.8 cm³/mol. The van der Waals surface area contributed by atoms with E-state index in [0.717, 1.165) is 12.1 Å². The topological polar surface area (TPSA) is 95.6 Å². The Balaban J connectivity index is 1.83. The molecular weight excluding hydrogens is 350 g/mol. The highest BCUT2D eigenvalue weighted by atomic mass is 19.1. The van der Waals surface area contributed by atoms with Gasteiger partial charge in [0.1, 0.15) is 34.6 Å². The molecule has 0 saturated heterocycles. The van der Waals surface area contributed by atoms with Crippen molar-refractivity contribution in [2.24, 2.45) is 0 Å². The summed E-state index contributed by atoms with van der Waals surface area (Å²) in [6.07, 6.45) is 0. The second-order valence-corrected chi connectivity index (χ2v) is 6.23. The van der Waals surface area contributed by atoms with Gasteiger partial charge in [0.2, 0.25) is 0 Å². The average Bonchev–Trinajstić information content (AvgIpc) is 2.92. The summed E-state index contributed by atoms with van der Waals surface area (Å²) in [7, 11) is 0. The molecule has 4 aromatic rings. The van der Waals surface area contributed by atoms with Crippen LogP contribution in [-0.4, -0.2) is 19.5 Å². The SMILES string of the molecule is Cc1nc2ccc(-c3cc(N)nc(N)c3)nc2n1Cc1cc(F)ccc1F. The normalized spacial score (nSPS) is 11.2. The molecule has 0 aliphatic heterocycles. The first-order chi connectivity index (χ1) is 12.9. The van der Waals surface area contributed by atoms with Crippen molar-refractivity contribution in [3.63, 3.8) is 0 Å². The summed E-state index contributed by atoms with van der Waals surface area (Å²) < 4.78 is 29.3. The molecule has 0 amide bonds. The number of nitrogens with two attached hydrogens (primary N) is 2. The molecule has 3 heterocycles. The fourth-order valence-corrected chi connectivity index (χ4v) is 3.02. The number of anilines is 2. The summed E-state index contributed by atoms with van der Waals surface area (Å²) in [5.74, 6) is 0.247. The zero-order chi connectivity index (χ0) is 19.1. The maximum Gasteiger partial charge on any atom is 0.160 e. The molecule has 4 N–H and O–H groups in total. The first kappa shape index (κ1) is 16.9. The van der Waals surface area contributed by atoms with E-state index in [1.165, 1.54) is 6.07 Å². The molecule has 0 spiro atoms. The zero-order valence-corrected chi connectivity index (χ0v) is 14.4. The van der Waals surface area contributed by atoms with E-state index in [-0.39, 0.29) is 12.1 Å². The molecule has 0 saturated carbocycles. The summed E-state index contributed by atoms with van der Waals surface area (Å²) in [5, 5.41) is 0. The fourth-order valence-electron chi connectivity index (χ4n) is 3.02. The lowest BCUT2D eigenvalue weighted by atomic mass is 10.1. The van der Waals surface area contributed by atoms with Gasteiger partial charge in [0, 0.05) is 11.1 Å². The van der Waals surface area contributed by atoms with E-state index < -0.39 is 11.6 Å². The molecule has 0 atom stereocenters. The van der Waals surface area contributed by atoms with Crippen molar-refractivity contribution in [3.8, 4) is 11.3 Å². The largest absolute Gasteiger partial charge is 0.384 e. The minimum Gasteiger partial charge on any atom is -0.384 e. The lowest BCUT2D eigenvalue weighted by Crippen LogP contribution is -2.05. The van der Waals surface area contributed by atoms with Crippen molar-refractivity contribution in [3.05, 3.63) is 65.5 Å². The van der Waals surface area contributed by atoms with Crippen molar-refractivity contribution in [1.82, 2.24) is 19.5 Å². The van der Waals surface area contributed by atoms with E-state index in [9.17, 15) is 8.78 Å². The van der Waals surface area contributed by atoms with Crippen LogP contribution in [0, 0.1) is 18.6 Å². The number of fused-ring (bicyclic) bond motifs is 1. The second kappa shape index (κ2) is 6.31. The maximum atomic E-state index is 14.1. The number of halogens is 2. The Bertz CT molecular complexity index is 1150. The minimum absolute atomic E-state index is 0.114. The Morgan fingerprint density at radius 1 is 0.926 bits per heavy atom. The number of hydrogen-bond acceptors (Lipinski definition) is 5. The fraction of sp³-hybridized carbons (Fsp3) is 0.105. The van der Waals surface area contributed by atoms with E-state index in [1.54, 1.807) is 29.7 Å². The first-order valence-electron chi connectivity index (χ1n) is 8.22. The average molecular weight is 366 g/mol. The monoisotopic (exact) mass is 366 g/mol. The smallest absolute Gasteiger partial charge is 0.160 e. The van der Waals surface area contributed by atoms with Crippen molar-refractivity contribution in [2.75, 3.05) is 11.5 Å². The van der Waals surface area contributed by atoms with E-state index in [4.69, 9.17) is 11.5 Å². The number of pyridine rings is 2. The standard InChI is InChI=1S/C19H16F2N6/c1-10-24-16-5-4-15(11-7-17(22)26-18(23)8-11)25-19(16)27(10)9-12-6-13(20)2-3-14(12)21/h2-8H,9H2,1H3,(H4,22,23,26). The molecule has 27 heavy (non-hydrogen) atoms. The molecule has 0 fully saturated rings. The van der Waals surface area contributed by atoms with Gasteiger partial charge in [0.05, 0.1) is 12.2 Å². The van der Waals surface area contributed by atoms with Crippen LogP contribution < -0.4 is 11.5 Å². The Morgan fingerprint density at radius 2 is 1.67 bits per heavy atom. The molecule has 0 bridgehead atoms. The van der Waals surface area contributed by atoms with Crippen LogP contribution in [0.25, 0.3) is 22.4 Å². The number of nitrogens with zero attached hydrogens (tertiary/aromatic N) is 4. The van der Waals surface area contributed by atoms with Crippen LogP contribution in [0.2, 0.25) is 0 Å². The van der Waals surface area contributed by atoms with Gasteiger partial charge < -0.3 is 16.0 Å². The Morgan fingerprint density at radius 3 is 2.41 bits per heavy atom. The van der Waals surface area contributed by atoms with Gasteiger partial charge in [-0.25, -0.2) is 23.7 Å². The van der Waals surface area contributed by atoms with Gasteiger partial charge in [-0.15, -0.1) is 0 Å². The third kappa shape index (κ3) is 3.17. The van der Waals surface area contributed by atoms with Crippen molar-refractivity contribution >= 4 is 22.8 Å². The highest BCUT2D eigenvalue weighted by molar-refractivity contribution is 5.77. The van der Waals surface area contributed by atoms with Crippen molar-refractivity contribution in [2.45, 2.75) is 13.5 Å². The molecule has 0 aliphatic carbocycles. The van der Waals surface area contributed by atoms with Crippen LogP contribution in [0.15, 0.2) is 42.5 Å². The van der Waals surface area contributed by atoms with Gasteiger partial charge >= 0.3 is 0 Å². The van der Waals surface area contributed by atoms with Gasteiger partial charge in [-0.2, -0.15) is 0 Å². The molecule has 3 aromatic heterocycles. The van der Waals surface area contributed by atoms with E-state index in [1.807, 2.05) is 6.07 Å². The van der Waals surface area contributed by atoms with E-state index in [2.05, 4.69) is 15.0 Å². The summed E-state index contributed by atoms with van der Waals surface area (Å²) >= 11 is 0. The van der Waals surface area contributed by atoms with Crippen LogP contribution in [0.5, 0.6) is 0 Å². The number of imidazole rings is 1. The predicted octanol–water partition coefficient (Wildman–Crippen LogP) is 3.29. The summed E-state index contributed by atoms with van der Waals surface area (Å²) in [6.45, 7) is 1.91. The van der Waals surface area contributed by atoms with Crippen LogP contribution in [0.4, 0.5) is 20.4 Å². The second-order valence-electron chi connectivity index (χ2n) is 6.23. The first-order valence-corrected chi connectivity index (χ1v) is 8.22. The highest BCUT2D eigenvalue weighted by Crippen LogP contribution is 2.25. The van der Waals surface area contributed by atoms with Gasteiger partial charge in [-0.3, -0.25) is 0 Å². The number of aromatic nitrogens is 4. The summed E-state index contributed by atoms with van der Waals surface area (Å²) in [5.41, 5.74) is 14.3. The van der Waals surface area contributed by atoms with Gasteiger partial charge in [-0.05, 0) is 49.4 Å². The zero-order valence-electron chi connectivity index (χ0n) is 14.4. The van der Waals surface area contributed by atoms with Gasteiger partial charge in [0.25, 0.3) is 0 Å². The van der Waals surface area contributed by atoms with Crippen LogP contribution in [0.1, 0.15) is 11.4 Å². The van der Waals surface area contributed by atoms with Gasteiger partial charge in [-0.1, -0.05) is 0 Å². The highest BCUT2D eigenvalue weighted by Gasteiger charge is 2.14. The lowest BCUT2D eigenvalue weighted by molar-refractivity contribution is 0.576. The molecular formula is C19H16F2N6. The quantitative estimate of drug-likeness (QED) is 0.580. The molecule has 0 unspecified atom stereocenters. The third-order valence-corrected chi connectivity index (χ3v) is 4.28. The number of aryl methyl sites for hydroxylation is 1. The molecule has 0 aliphatic rings. The number of benzene rings is 1. The van der Waals surface area contributed by atoms with Crippen molar-refractivity contribution in [1.29, 1.82) is 0 Å². The molecule has 136 valence electrons. The lowest BCUT2D eigenvalue weighted by Gasteiger charge is -2.09. The Labute approximate surface area is 153 Å². The van der Waals surface area contributed by atoms with E-state index >= 15 is 0 Å². The maximum absolute atomic E-state index is 14.1. The van der Waals surface area contributed by atoms with Gasteiger partial charge in [0.15, 0.2) is 5.65 Å².